The number of hydrogen-bond donors (Lipinski definition) is 1. The van der Waals surface area contributed by atoms with Gasteiger partial charge in [0.05, 0.1) is 5.75 Å². The Kier molecular flexibility index (Phi) is 5.03. The number of amides is 1. The first-order valence-corrected chi connectivity index (χ1v) is 9.04. The standard InChI is InChI=1S/C16H22N6OS/c1-11-6-12(2)9-21(8-11)14(23)10-24-16-20-19-15(22(16)17)13-4-3-5-18-7-13/h3-5,7,11-12H,6,8-10,17H2,1-2H3/t11-,12-/m0/s1. The molecule has 2 N–H and O–H groups in total. The molecule has 1 fully saturated rings. The van der Waals surface area contributed by atoms with Crippen molar-refractivity contribution in [3.05, 3.63) is 24.5 Å². The average molecular weight is 346 g/mol. The Hall–Kier alpha value is -2.09. The molecule has 1 amide bonds. The van der Waals surface area contributed by atoms with Crippen molar-refractivity contribution in [2.45, 2.75) is 25.4 Å². The summed E-state index contributed by atoms with van der Waals surface area (Å²) >= 11 is 1.32. The van der Waals surface area contributed by atoms with Crippen molar-refractivity contribution >= 4 is 17.7 Å². The third-order valence-electron chi connectivity index (χ3n) is 4.13. The first kappa shape index (κ1) is 16.8. The number of carbonyl (C=O) groups is 1. The van der Waals surface area contributed by atoms with Gasteiger partial charge in [0, 0.05) is 31.0 Å². The fourth-order valence-electron chi connectivity index (χ4n) is 3.15. The highest BCUT2D eigenvalue weighted by atomic mass is 32.2. The third kappa shape index (κ3) is 3.69. The van der Waals surface area contributed by atoms with E-state index >= 15 is 0 Å². The maximum Gasteiger partial charge on any atom is 0.233 e. The molecule has 7 nitrogen and oxygen atoms in total. The van der Waals surface area contributed by atoms with Gasteiger partial charge in [-0.1, -0.05) is 25.6 Å². The fraction of sp³-hybridized carbons (Fsp3) is 0.500. The average Bonchev–Trinajstić information content (AvgIpc) is 2.93. The van der Waals surface area contributed by atoms with Crippen molar-refractivity contribution in [2.24, 2.45) is 11.8 Å². The Bertz CT molecular complexity index is 694. The molecule has 2 atom stereocenters. The lowest BCUT2D eigenvalue weighted by atomic mass is 9.92. The summed E-state index contributed by atoms with van der Waals surface area (Å²) in [6, 6.07) is 3.69. The van der Waals surface area contributed by atoms with Gasteiger partial charge in [0.25, 0.3) is 0 Å². The normalized spacial score (nSPS) is 21.0. The van der Waals surface area contributed by atoms with E-state index in [-0.39, 0.29) is 5.91 Å². The molecule has 1 saturated heterocycles. The number of hydrogen-bond acceptors (Lipinski definition) is 6. The topological polar surface area (TPSA) is 89.9 Å². The molecule has 1 aliphatic rings. The molecule has 128 valence electrons. The molecule has 2 aromatic rings. The number of likely N-dealkylation sites (tertiary alicyclic amines) is 1. The van der Waals surface area contributed by atoms with Crippen LogP contribution in [0.25, 0.3) is 11.4 Å². The van der Waals surface area contributed by atoms with Crippen LogP contribution in [-0.4, -0.2) is 49.5 Å². The van der Waals surface area contributed by atoms with Crippen LogP contribution >= 0.6 is 11.8 Å². The van der Waals surface area contributed by atoms with Crippen LogP contribution in [0.5, 0.6) is 0 Å². The minimum absolute atomic E-state index is 0.129. The van der Waals surface area contributed by atoms with Gasteiger partial charge >= 0.3 is 0 Å². The van der Waals surface area contributed by atoms with E-state index in [9.17, 15) is 4.79 Å². The third-order valence-corrected chi connectivity index (χ3v) is 5.06. The van der Waals surface area contributed by atoms with E-state index in [0.717, 1.165) is 18.7 Å². The maximum absolute atomic E-state index is 12.4. The van der Waals surface area contributed by atoms with E-state index in [1.165, 1.54) is 22.9 Å². The number of nitrogens with zero attached hydrogens (tertiary/aromatic N) is 5. The van der Waals surface area contributed by atoms with Crippen LogP contribution in [0.3, 0.4) is 0 Å². The van der Waals surface area contributed by atoms with Crippen LogP contribution < -0.4 is 5.84 Å². The largest absolute Gasteiger partial charge is 0.341 e. The van der Waals surface area contributed by atoms with Crippen molar-refractivity contribution in [1.82, 2.24) is 24.8 Å². The molecule has 24 heavy (non-hydrogen) atoms. The monoisotopic (exact) mass is 346 g/mol. The maximum atomic E-state index is 12.4. The van der Waals surface area contributed by atoms with E-state index in [1.54, 1.807) is 12.4 Å². The lowest BCUT2D eigenvalue weighted by molar-refractivity contribution is -0.130. The molecule has 0 spiro atoms. The summed E-state index contributed by atoms with van der Waals surface area (Å²) in [5.74, 6) is 8.16. The second kappa shape index (κ2) is 7.21. The molecule has 2 aromatic heterocycles. The number of rotatable bonds is 4. The zero-order valence-electron chi connectivity index (χ0n) is 13.9. The Morgan fingerprint density at radius 2 is 2.08 bits per heavy atom. The van der Waals surface area contributed by atoms with Crippen molar-refractivity contribution < 1.29 is 4.79 Å². The Balaban J connectivity index is 1.63. The SMILES string of the molecule is C[C@H]1C[C@H](C)CN(C(=O)CSc2nnc(-c3cccnc3)n2N)C1. The molecule has 0 aliphatic carbocycles. The van der Waals surface area contributed by atoms with Crippen LogP contribution in [-0.2, 0) is 4.79 Å². The molecular weight excluding hydrogens is 324 g/mol. The van der Waals surface area contributed by atoms with Crippen molar-refractivity contribution in [3.63, 3.8) is 0 Å². The molecule has 0 saturated carbocycles. The lowest BCUT2D eigenvalue weighted by Gasteiger charge is -2.34. The molecule has 0 unspecified atom stereocenters. The van der Waals surface area contributed by atoms with E-state index in [1.807, 2.05) is 17.0 Å². The number of nitrogens with two attached hydrogens (primary N) is 1. The first-order chi connectivity index (χ1) is 11.5. The van der Waals surface area contributed by atoms with E-state index in [0.29, 0.717) is 28.6 Å². The summed E-state index contributed by atoms with van der Waals surface area (Å²) in [7, 11) is 0. The molecule has 0 radical (unpaired) electrons. The van der Waals surface area contributed by atoms with E-state index in [2.05, 4.69) is 29.0 Å². The summed E-state index contributed by atoms with van der Waals surface area (Å²) in [6.45, 7) is 6.06. The van der Waals surface area contributed by atoms with Gasteiger partial charge in [0.15, 0.2) is 5.82 Å². The molecule has 3 heterocycles. The molecule has 0 bridgehead atoms. The van der Waals surface area contributed by atoms with Crippen molar-refractivity contribution in [2.75, 3.05) is 24.7 Å². The Morgan fingerprint density at radius 3 is 2.75 bits per heavy atom. The predicted octanol–water partition coefficient (Wildman–Crippen LogP) is 1.65. The van der Waals surface area contributed by atoms with E-state index < -0.39 is 0 Å². The summed E-state index contributed by atoms with van der Waals surface area (Å²) in [5, 5.41) is 8.72. The van der Waals surface area contributed by atoms with Crippen molar-refractivity contribution in [1.29, 1.82) is 0 Å². The predicted molar refractivity (Wildman–Crippen MR) is 93.7 cm³/mol. The van der Waals surface area contributed by atoms with E-state index in [4.69, 9.17) is 5.84 Å². The Morgan fingerprint density at radius 1 is 1.33 bits per heavy atom. The first-order valence-electron chi connectivity index (χ1n) is 8.06. The summed E-state index contributed by atoms with van der Waals surface area (Å²) < 4.78 is 1.41. The van der Waals surface area contributed by atoms with Gasteiger partial charge in [0.2, 0.25) is 11.1 Å². The zero-order valence-corrected chi connectivity index (χ0v) is 14.7. The number of pyridine rings is 1. The molecular formula is C16H22N6OS. The quantitative estimate of drug-likeness (QED) is 0.669. The van der Waals surface area contributed by atoms with Gasteiger partial charge in [-0.25, -0.2) is 4.68 Å². The number of thioether (sulfide) groups is 1. The molecule has 3 rings (SSSR count). The summed E-state index contributed by atoms with van der Waals surface area (Å²) in [4.78, 5) is 18.5. The van der Waals surface area contributed by atoms with Gasteiger partial charge in [-0.15, -0.1) is 10.2 Å². The number of aromatic nitrogens is 4. The van der Waals surface area contributed by atoms with Crippen LogP contribution in [0.2, 0.25) is 0 Å². The number of carbonyl (C=O) groups excluding carboxylic acids is 1. The second-order valence-corrected chi connectivity index (χ2v) is 7.39. The number of piperidine rings is 1. The van der Waals surface area contributed by atoms with Crippen LogP contribution in [0.1, 0.15) is 20.3 Å². The van der Waals surface area contributed by atoms with Gasteiger partial charge in [-0.05, 0) is 30.4 Å². The van der Waals surface area contributed by atoms with Crippen molar-refractivity contribution in [3.8, 4) is 11.4 Å². The number of nitrogen functional groups attached to an aromatic ring is 1. The highest BCUT2D eigenvalue weighted by Crippen LogP contribution is 2.24. The van der Waals surface area contributed by atoms with Crippen LogP contribution in [0.15, 0.2) is 29.7 Å². The molecule has 0 aromatic carbocycles. The molecule has 8 heteroatoms. The minimum Gasteiger partial charge on any atom is -0.341 e. The highest BCUT2D eigenvalue weighted by molar-refractivity contribution is 7.99. The van der Waals surface area contributed by atoms with Gasteiger partial charge in [-0.3, -0.25) is 9.78 Å². The minimum atomic E-state index is 0.129. The summed E-state index contributed by atoms with van der Waals surface area (Å²) in [5.41, 5.74) is 0.796. The Labute approximate surface area is 145 Å². The smallest absolute Gasteiger partial charge is 0.233 e. The zero-order chi connectivity index (χ0) is 17.1. The fourth-order valence-corrected chi connectivity index (χ4v) is 3.91. The highest BCUT2D eigenvalue weighted by Gasteiger charge is 2.25. The van der Waals surface area contributed by atoms with Gasteiger partial charge < -0.3 is 10.7 Å². The lowest BCUT2D eigenvalue weighted by Crippen LogP contribution is -2.43. The summed E-state index contributed by atoms with van der Waals surface area (Å²) in [6.07, 6.45) is 4.56. The second-order valence-electron chi connectivity index (χ2n) is 6.45. The van der Waals surface area contributed by atoms with Crippen LogP contribution in [0, 0.1) is 11.8 Å². The van der Waals surface area contributed by atoms with Gasteiger partial charge in [-0.2, -0.15) is 0 Å². The van der Waals surface area contributed by atoms with Crippen LogP contribution in [0.4, 0.5) is 0 Å². The van der Waals surface area contributed by atoms with Gasteiger partial charge in [0.1, 0.15) is 0 Å². The molecule has 1 aliphatic heterocycles.